The van der Waals surface area contributed by atoms with Gasteiger partial charge in [0.05, 0.1) is 34.6 Å². The Morgan fingerprint density at radius 2 is 1.98 bits per heavy atom. The van der Waals surface area contributed by atoms with E-state index < -0.39 is 12.0 Å². The molecule has 2 bridgehead atoms. The van der Waals surface area contributed by atoms with E-state index >= 15 is 0 Å². The van der Waals surface area contributed by atoms with Gasteiger partial charge in [-0.3, -0.25) is 4.90 Å². The molecule has 0 saturated carbocycles. The average Bonchev–Trinajstić information content (AvgIpc) is 3.57. The zero-order chi connectivity index (χ0) is 28.8. The largest absolute Gasteiger partial charge is 0.491 e. The maximum Gasteiger partial charge on any atom is 0.257 e. The van der Waals surface area contributed by atoms with E-state index in [1.54, 1.807) is 18.2 Å². The van der Waals surface area contributed by atoms with Crippen LogP contribution in [0.2, 0.25) is 5.02 Å². The Labute approximate surface area is 238 Å². The van der Waals surface area contributed by atoms with E-state index in [4.69, 9.17) is 30.8 Å². The first-order valence-electron chi connectivity index (χ1n) is 13.8. The molecule has 11 heteroatoms. The predicted molar refractivity (Wildman–Crippen MR) is 150 cm³/mol. The molecule has 0 unspecified atom stereocenters. The third kappa shape index (κ3) is 5.80. The van der Waals surface area contributed by atoms with E-state index in [0.717, 1.165) is 36.7 Å². The third-order valence-electron chi connectivity index (χ3n) is 7.74. The summed E-state index contributed by atoms with van der Waals surface area (Å²) in [5.74, 6) is -0.379. The Kier molecular flexibility index (Phi) is 8.05. The quantitative estimate of drug-likeness (QED) is 0.323. The molecule has 1 N–H and O–H groups in total. The standard InChI is InChI=1S/C29H36ClF2N5O3/c1-6-7-21(38)14-39-22-8-9-24(30)23(11-22)27-33-26(25-17(3)35-40-18(25)4)16(2)28(34-27)37-13-19-10-20(37)12-36(19)15-29(5,31)32/h8-9,11,19-21,38H,6-7,10,12-15H2,1-5H3/t19-,20-,21-/m1/s1. The van der Waals surface area contributed by atoms with Gasteiger partial charge >= 0.3 is 0 Å². The normalized spacial score (nSPS) is 20.0. The Bertz CT molecular complexity index is 1360. The highest BCUT2D eigenvalue weighted by Crippen LogP contribution is 2.41. The zero-order valence-electron chi connectivity index (χ0n) is 23.5. The van der Waals surface area contributed by atoms with Gasteiger partial charge in [0, 0.05) is 43.2 Å². The van der Waals surface area contributed by atoms with Crippen LogP contribution in [0.1, 0.15) is 50.1 Å². The molecular formula is C29H36ClF2N5O3. The summed E-state index contributed by atoms with van der Waals surface area (Å²) >= 11 is 6.67. The molecule has 0 amide bonds. The summed E-state index contributed by atoms with van der Waals surface area (Å²) in [6.45, 7) is 9.76. The van der Waals surface area contributed by atoms with E-state index in [9.17, 15) is 13.9 Å². The second kappa shape index (κ2) is 11.2. The van der Waals surface area contributed by atoms with Crippen molar-refractivity contribution in [1.82, 2.24) is 20.0 Å². The Hall–Kier alpha value is -2.82. The number of hydrogen-bond acceptors (Lipinski definition) is 8. The number of ether oxygens (including phenoxy) is 1. The minimum absolute atomic E-state index is 0.0334. The maximum atomic E-state index is 13.8. The van der Waals surface area contributed by atoms with Gasteiger partial charge in [0.2, 0.25) is 0 Å². The maximum absolute atomic E-state index is 13.8. The van der Waals surface area contributed by atoms with Crippen LogP contribution >= 0.6 is 11.6 Å². The molecule has 0 spiro atoms. The van der Waals surface area contributed by atoms with Crippen LogP contribution in [-0.4, -0.2) is 75.5 Å². The first kappa shape index (κ1) is 28.7. The lowest BCUT2D eigenvalue weighted by molar-refractivity contribution is -0.0191. The second-order valence-corrected chi connectivity index (χ2v) is 11.5. The van der Waals surface area contributed by atoms with Gasteiger partial charge < -0.3 is 19.3 Å². The summed E-state index contributed by atoms with van der Waals surface area (Å²) in [7, 11) is 0. The number of nitrogens with zero attached hydrogens (tertiary/aromatic N) is 5. The monoisotopic (exact) mass is 575 g/mol. The number of piperazine rings is 1. The minimum atomic E-state index is -2.74. The smallest absolute Gasteiger partial charge is 0.257 e. The van der Waals surface area contributed by atoms with E-state index in [1.807, 2.05) is 32.6 Å². The molecule has 2 fully saturated rings. The number of anilines is 1. The van der Waals surface area contributed by atoms with Crippen LogP contribution in [0.3, 0.4) is 0 Å². The fourth-order valence-electron chi connectivity index (χ4n) is 5.90. The molecule has 2 saturated heterocycles. The summed E-state index contributed by atoms with van der Waals surface area (Å²) in [4.78, 5) is 14.1. The number of hydrogen-bond donors (Lipinski definition) is 1. The topological polar surface area (TPSA) is 87.7 Å². The van der Waals surface area contributed by atoms with Crippen LogP contribution in [0.15, 0.2) is 22.7 Å². The van der Waals surface area contributed by atoms with Gasteiger partial charge in [-0.05, 0) is 51.8 Å². The molecule has 3 atom stereocenters. The van der Waals surface area contributed by atoms with Crippen molar-refractivity contribution in [3.63, 3.8) is 0 Å². The number of rotatable bonds is 10. The fraction of sp³-hybridized carbons (Fsp3) is 0.552. The number of alkyl halides is 2. The molecule has 2 aliphatic rings. The fourth-order valence-corrected chi connectivity index (χ4v) is 6.10. The molecule has 8 nitrogen and oxygen atoms in total. The molecule has 2 aromatic heterocycles. The van der Waals surface area contributed by atoms with Crippen LogP contribution in [0.25, 0.3) is 22.6 Å². The molecule has 0 aliphatic carbocycles. The molecule has 1 aromatic carbocycles. The van der Waals surface area contributed by atoms with Crippen molar-refractivity contribution in [1.29, 1.82) is 0 Å². The van der Waals surface area contributed by atoms with E-state index in [1.165, 1.54) is 0 Å². The molecule has 2 aliphatic heterocycles. The number of benzene rings is 1. The molecule has 3 aromatic rings. The Morgan fingerprint density at radius 1 is 1.20 bits per heavy atom. The van der Waals surface area contributed by atoms with E-state index in [2.05, 4.69) is 10.1 Å². The third-order valence-corrected chi connectivity index (χ3v) is 8.07. The van der Waals surface area contributed by atoms with Crippen molar-refractivity contribution < 1.29 is 23.1 Å². The van der Waals surface area contributed by atoms with Gasteiger partial charge in [0.1, 0.15) is 23.9 Å². The van der Waals surface area contributed by atoms with Gasteiger partial charge in [-0.25, -0.2) is 18.7 Å². The van der Waals surface area contributed by atoms with Gasteiger partial charge in [0.25, 0.3) is 5.92 Å². The molecular weight excluding hydrogens is 540 g/mol. The lowest BCUT2D eigenvalue weighted by atomic mass is 10.0. The molecule has 216 valence electrons. The summed E-state index contributed by atoms with van der Waals surface area (Å²) in [5, 5.41) is 14.7. The lowest BCUT2D eigenvalue weighted by Crippen LogP contribution is -2.50. The van der Waals surface area contributed by atoms with E-state index in [-0.39, 0.29) is 25.2 Å². The second-order valence-electron chi connectivity index (χ2n) is 11.1. The first-order valence-corrected chi connectivity index (χ1v) is 14.1. The van der Waals surface area contributed by atoms with Gasteiger partial charge in [-0.15, -0.1) is 0 Å². The number of aliphatic hydroxyl groups excluding tert-OH is 1. The van der Waals surface area contributed by atoms with Gasteiger partial charge in [0.15, 0.2) is 5.82 Å². The van der Waals surface area contributed by atoms with Gasteiger partial charge in [-0.1, -0.05) is 30.1 Å². The summed E-state index contributed by atoms with van der Waals surface area (Å²) in [6, 6.07) is 5.37. The summed E-state index contributed by atoms with van der Waals surface area (Å²) in [5.41, 5.74) is 3.66. The number of likely N-dealkylation sites (tertiary alicyclic amines) is 1. The highest BCUT2D eigenvalue weighted by Gasteiger charge is 2.46. The zero-order valence-corrected chi connectivity index (χ0v) is 24.3. The lowest BCUT2D eigenvalue weighted by Gasteiger charge is -2.36. The highest BCUT2D eigenvalue weighted by atomic mass is 35.5. The number of halogens is 3. The predicted octanol–water partition coefficient (Wildman–Crippen LogP) is 5.84. The SMILES string of the molecule is CCC[C@@H](O)COc1ccc(Cl)c(-c2nc(-c3c(C)noc3C)c(C)c(N3C[C@H]4C[C@@H]3CN4CC(C)(F)F)n2)c1. The van der Waals surface area contributed by atoms with Crippen molar-refractivity contribution in [2.24, 2.45) is 0 Å². The number of aryl methyl sites for hydroxylation is 2. The molecule has 5 rings (SSSR count). The average molecular weight is 576 g/mol. The van der Waals surface area contributed by atoms with Crippen LogP contribution in [0.4, 0.5) is 14.6 Å². The Balaban J connectivity index is 1.54. The minimum Gasteiger partial charge on any atom is -0.491 e. The van der Waals surface area contributed by atoms with Crippen LogP contribution in [0, 0.1) is 20.8 Å². The number of aromatic nitrogens is 3. The summed E-state index contributed by atoms with van der Waals surface area (Å²) < 4.78 is 38.9. The van der Waals surface area contributed by atoms with E-state index in [0.29, 0.717) is 58.8 Å². The Morgan fingerprint density at radius 3 is 2.60 bits per heavy atom. The van der Waals surface area contributed by atoms with Crippen molar-refractivity contribution in [3.05, 3.63) is 40.2 Å². The first-order chi connectivity index (χ1) is 18.9. The highest BCUT2D eigenvalue weighted by molar-refractivity contribution is 6.33. The van der Waals surface area contributed by atoms with Crippen molar-refractivity contribution in [3.8, 4) is 28.4 Å². The molecule has 40 heavy (non-hydrogen) atoms. The van der Waals surface area contributed by atoms with Crippen LogP contribution < -0.4 is 9.64 Å². The summed E-state index contributed by atoms with van der Waals surface area (Å²) in [6.07, 6.45) is 1.75. The van der Waals surface area contributed by atoms with Crippen molar-refractivity contribution >= 4 is 17.4 Å². The number of aliphatic hydroxyl groups is 1. The van der Waals surface area contributed by atoms with Crippen molar-refractivity contribution in [2.45, 2.75) is 78.0 Å². The number of fused-ring (bicyclic) bond motifs is 2. The van der Waals surface area contributed by atoms with Gasteiger partial charge in [-0.2, -0.15) is 0 Å². The molecule has 4 heterocycles. The van der Waals surface area contributed by atoms with Crippen molar-refractivity contribution in [2.75, 3.05) is 31.1 Å². The van der Waals surface area contributed by atoms with Crippen LogP contribution in [0.5, 0.6) is 5.75 Å². The van der Waals surface area contributed by atoms with Crippen LogP contribution in [-0.2, 0) is 0 Å². The molecule has 0 radical (unpaired) electrons.